The number of amides is 1. The third-order valence-electron chi connectivity index (χ3n) is 4.07. The van der Waals surface area contributed by atoms with Crippen LogP contribution in [0.25, 0.3) is 22.1 Å². The molecule has 0 fully saturated rings. The van der Waals surface area contributed by atoms with Gasteiger partial charge in [-0.1, -0.05) is 12.1 Å². The smallest absolute Gasteiger partial charge is 0.408 e. The maximum Gasteiger partial charge on any atom is 0.408 e. The van der Waals surface area contributed by atoms with Crippen molar-refractivity contribution in [3.63, 3.8) is 0 Å². The molecule has 3 rings (SSSR count). The molecule has 0 saturated heterocycles. The number of esters is 1. The maximum atomic E-state index is 11.8. The fourth-order valence-corrected chi connectivity index (χ4v) is 3.36. The summed E-state index contributed by atoms with van der Waals surface area (Å²) < 4.78 is 16.6. The van der Waals surface area contributed by atoms with Crippen LogP contribution < -0.4 is 5.32 Å². The summed E-state index contributed by atoms with van der Waals surface area (Å²) in [6, 6.07) is 13.0. The molecule has 1 aromatic heterocycles. The zero-order valence-electron chi connectivity index (χ0n) is 16.7. The van der Waals surface area contributed by atoms with Crippen LogP contribution in [-0.2, 0) is 16.0 Å². The van der Waals surface area contributed by atoms with E-state index in [0.29, 0.717) is 16.9 Å². The van der Waals surface area contributed by atoms with E-state index in [9.17, 15) is 9.59 Å². The lowest BCUT2D eigenvalue weighted by atomic mass is 10.0. The maximum absolute atomic E-state index is 11.8. The number of fused-ring (bicyclic) bond motifs is 1. The van der Waals surface area contributed by atoms with E-state index in [1.807, 2.05) is 51.1 Å². The van der Waals surface area contributed by atoms with Gasteiger partial charge >= 0.3 is 12.1 Å². The second-order valence-corrected chi connectivity index (χ2v) is 8.37. The van der Waals surface area contributed by atoms with Crippen molar-refractivity contribution in [1.29, 1.82) is 0 Å². The zero-order valence-corrected chi connectivity index (χ0v) is 18.3. The Labute approximate surface area is 177 Å². The lowest BCUT2D eigenvalue weighted by Gasteiger charge is -2.19. The molecule has 0 radical (unpaired) electrons. The zero-order chi connectivity index (χ0) is 21.2. The summed E-state index contributed by atoms with van der Waals surface area (Å²) in [5.41, 5.74) is 2.55. The van der Waals surface area contributed by atoms with Crippen LogP contribution in [0.2, 0.25) is 0 Å². The Balaban J connectivity index is 1.80. The Kier molecular flexibility index (Phi) is 5.98. The quantitative estimate of drug-likeness (QED) is 0.508. The van der Waals surface area contributed by atoms with Gasteiger partial charge in [0, 0.05) is 5.39 Å². The van der Waals surface area contributed by atoms with Gasteiger partial charge in [-0.3, -0.25) is 0 Å². The molecular formula is C22H22BrNO5. The number of hydrogen-bond acceptors (Lipinski definition) is 5. The highest BCUT2D eigenvalue weighted by atomic mass is 79.9. The van der Waals surface area contributed by atoms with Crippen LogP contribution in [0.3, 0.4) is 0 Å². The Hall–Kier alpha value is -2.80. The van der Waals surface area contributed by atoms with Crippen molar-refractivity contribution < 1.29 is 23.5 Å². The summed E-state index contributed by atoms with van der Waals surface area (Å²) in [6.45, 7) is 5.65. The number of hydrogen-bond donors (Lipinski definition) is 1. The van der Waals surface area contributed by atoms with Gasteiger partial charge in [0.1, 0.15) is 16.9 Å². The molecule has 0 atom stereocenters. The van der Waals surface area contributed by atoms with Crippen molar-refractivity contribution in [3.05, 3.63) is 58.3 Å². The molecule has 2 aromatic carbocycles. The van der Waals surface area contributed by atoms with E-state index >= 15 is 0 Å². The van der Waals surface area contributed by atoms with Crippen molar-refractivity contribution in [2.24, 2.45) is 0 Å². The number of methoxy groups -OCH3 is 1. The first kappa shape index (κ1) is 20.9. The van der Waals surface area contributed by atoms with Crippen LogP contribution in [0.1, 0.15) is 36.9 Å². The Bertz CT molecular complexity index is 1050. The highest BCUT2D eigenvalue weighted by Crippen LogP contribution is 2.33. The first-order valence-corrected chi connectivity index (χ1v) is 9.83. The van der Waals surface area contributed by atoms with E-state index < -0.39 is 11.7 Å². The van der Waals surface area contributed by atoms with Crippen molar-refractivity contribution >= 4 is 39.0 Å². The second-order valence-electron chi connectivity index (χ2n) is 7.51. The van der Waals surface area contributed by atoms with Gasteiger partial charge in [0.2, 0.25) is 0 Å². The molecule has 1 amide bonds. The molecule has 29 heavy (non-hydrogen) atoms. The molecule has 1 N–H and O–H groups in total. The molecule has 0 unspecified atom stereocenters. The molecule has 0 saturated carbocycles. The number of halogens is 1. The van der Waals surface area contributed by atoms with E-state index in [2.05, 4.69) is 21.2 Å². The van der Waals surface area contributed by atoms with Crippen LogP contribution in [0.5, 0.6) is 0 Å². The minimum atomic E-state index is -0.556. The van der Waals surface area contributed by atoms with E-state index in [-0.39, 0.29) is 12.5 Å². The number of ether oxygens (including phenoxy) is 2. The Morgan fingerprint density at radius 1 is 1.07 bits per heavy atom. The third-order valence-corrected chi connectivity index (χ3v) is 4.66. The van der Waals surface area contributed by atoms with Crippen LogP contribution in [0.4, 0.5) is 4.79 Å². The fraction of sp³-hybridized carbons (Fsp3) is 0.273. The molecule has 0 bridgehead atoms. The number of carbonyl (C=O) groups excluding carboxylic acids is 2. The number of rotatable bonds is 4. The highest BCUT2D eigenvalue weighted by molar-refractivity contribution is 9.10. The lowest BCUT2D eigenvalue weighted by Crippen LogP contribution is -2.32. The molecule has 7 heteroatoms. The Morgan fingerprint density at radius 3 is 2.38 bits per heavy atom. The van der Waals surface area contributed by atoms with E-state index in [1.165, 1.54) is 7.11 Å². The van der Waals surface area contributed by atoms with Gasteiger partial charge < -0.3 is 19.2 Å². The average Bonchev–Trinajstić information content (AvgIpc) is 3.08. The number of nitrogens with one attached hydrogen (secondary N) is 1. The number of carbonyl (C=O) groups is 2. The largest absolute Gasteiger partial charge is 0.465 e. The van der Waals surface area contributed by atoms with Gasteiger partial charge in [0.15, 0.2) is 0 Å². The van der Waals surface area contributed by atoms with E-state index in [1.54, 1.807) is 12.1 Å². The van der Waals surface area contributed by atoms with Crippen LogP contribution in [0, 0.1) is 0 Å². The third kappa shape index (κ3) is 5.17. The molecular weight excluding hydrogens is 438 g/mol. The summed E-state index contributed by atoms with van der Waals surface area (Å²) in [5.74, 6) is 0.245. The van der Waals surface area contributed by atoms with Gasteiger partial charge in [-0.15, -0.1) is 0 Å². The minimum absolute atomic E-state index is 0.221. The number of furan rings is 1. The normalized spacial score (nSPS) is 11.3. The van der Waals surface area contributed by atoms with Crippen LogP contribution >= 0.6 is 15.9 Å². The summed E-state index contributed by atoms with van der Waals surface area (Å²) >= 11 is 3.55. The number of alkyl carbamates (subject to hydrolysis) is 1. The average molecular weight is 460 g/mol. The van der Waals surface area contributed by atoms with Crippen molar-refractivity contribution in [2.45, 2.75) is 32.9 Å². The van der Waals surface area contributed by atoms with Gasteiger partial charge in [-0.05, 0) is 78.2 Å². The van der Waals surface area contributed by atoms with Crippen molar-refractivity contribution in [2.75, 3.05) is 7.11 Å². The molecule has 0 aliphatic rings. The highest BCUT2D eigenvalue weighted by Gasteiger charge is 2.17. The van der Waals surface area contributed by atoms with Crippen LogP contribution in [0.15, 0.2) is 51.4 Å². The number of benzene rings is 2. The van der Waals surface area contributed by atoms with E-state index in [0.717, 1.165) is 21.0 Å². The van der Waals surface area contributed by atoms with Gasteiger partial charge in [-0.2, -0.15) is 0 Å². The SMILES string of the molecule is COC(=O)c1ccc(-c2cc(Br)c3oc(CNC(=O)OC(C)(C)C)cc3c2)cc1. The van der Waals surface area contributed by atoms with Gasteiger partial charge in [0.25, 0.3) is 0 Å². The molecule has 0 aliphatic carbocycles. The first-order valence-electron chi connectivity index (χ1n) is 9.04. The topological polar surface area (TPSA) is 77.8 Å². The fourth-order valence-electron chi connectivity index (χ4n) is 2.81. The predicted molar refractivity (Wildman–Crippen MR) is 114 cm³/mol. The Morgan fingerprint density at radius 2 is 1.76 bits per heavy atom. The molecule has 6 nitrogen and oxygen atoms in total. The minimum Gasteiger partial charge on any atom is -0.465 e. The predicted octanol–water partition coefficient (Wildman–Crippen LogP) is 5.67. The monoisotopic (exact) mass is 459 g/mol. The van der Waals surface area contributed by atoms with Gasteiger partial charge in [-0.25, -0.2) is 9.59 Å². The molecule has 1 heterocycles. The summed E-state index contributed by atoms with van der Waals surface area (Å²) in [7, 11) is 1.36. The summed E-state index contributed by atoms with van der Waals surface area (Å²) in [5, 5.41) is 3.59. The second kappa shape index (κ2) is 8.29. The van der Waals surface area contributed by atoms with Crippen molar-refractivity contribution in [3.8, 4) is 11.1 Å². The molecule has 152 valence electrons. The molecule has 3 aromatic rings. The van der Waals surface area contributed by atoms with Crippen molar-refractivity contribution in [1.82, 2.24) is 5.32 Å². The first-order chi connectivity index (χ1) is 13.7. The lowest BCUT2D eigenvalue weighted by molar-refractivity contribution is 0.0519. The summed E-state index contributed by atoms with van der Waals surface area (Å²) in [6.07, 6.45) is -0.497. The van der Waals surface area contributed by atoms with Crippen LogP contribution in [-0.4, -0.2) is 24.8 Å². The molecule has 0 spiro atoms. The standard InChI is InChI=1S/C22H22BrNO5/c1-22(2,3)29-21(26)24-12-17-10-16-9-15(11-18(23)19(16)28-17)13-5-7-14(8-6-13)20(25)27-4/h5-11H,12H2,1-4H3,(H,24,26). The molecule has 0 aliphatic heterocycles. The summed E-state index contributed by atoms with van der Waals surface area (Å²) in [4.78, 5) is 23.4. The van der Waals surface area contributed by atoms with E-state index in [4.69, 9.17) is 13.9 Å². The van der Waals surface area contributed by atoms with Gasteiger partial charge in [0.05, 0.1) is 23.7 Å².